The van der Waals surface area contributed by atoms with E-state index in [4.69, 9.17) is 4.74 Å². The Morgan fingerprint density at radius 2 is 1.95 bits per heavy atom. The van der Waals surface area contributed by atoms with Crippen molar-refractivity contribution in [3.63, 3.8) is 0 Å². The van der Waals surface area contributed by atoms with Crippen LogP contribution in [0.4, 0.5) is 10.5 Å². The third-order valence-electron chi connectivity index (χ3n) is 3.88. The fraction of sp³-hybridized carbons (Fsp3) is 0.611. The van der Waals surface area contributed by atoms with Gasteiger partial charge in [-0.25, -0.2) is 4.79 Å². The largest absolute Gasteiger partial charge is 0.444 e. The molecule has 1 N–H and O–H groups in total. The maximum absolute atomic E-state index is 12.2. The number of anilines is 1. The monoisotopic (exact) mass is 304 g/mol. The molecule has 4 heteroatoms. The molecular formula is C18H28N2O2. The van der Waals surface area contributed by atoms with Gasteiger partial charge in [-0.2, -0.15) is 0 Å². The number of rotatable bonds is 2. The van der Waals surface area contributed by atoms with Crippen molar-refractivity contribution in [1.29, 1.82) is 0 Å². The van der Waals surface area contributed by atoms with Crippen molar-refractivity contribution < 1.29 is 9.53 Å². The summed E-state index contributed by atoms with van der Waals surface area (Å²) in [6, 6.07) is 8.75. The number of carbonyl (C=O) groups is 1. The van der Waals surface area contributed by atoms with Gasteiger partial charge in [-0.15, -0.1) is 0 Å². The van der Waals surface area contributed by atoms with E-state index in [0.29, 0.717) is 6.04 Å². The summed E-state index contributed by atoms with van der Waals surface area (Å²) in [6.45, 7) is 9.37. The van der Waals surface area contributed by atoms with Crippen LogP contribution in [0.25, 0.3) is 0 Å². The number of hydrogen-bond donors (Lipinski definition) is 1. The number of aryl methyl sites for hydroxylation is 1. The molecule has 0 bridgehead atoms. The van der Waals surface area contributed by atoms with E-state index in [1.807, 2.05) is 25.7 Å². The molecule has 1 atom stereocenters. The molecule has 1 unspecified atom stereocenters. The zero-order valence-electron chi connectivity index (χ0n) is 14.2. The lowest BCUT2D eigenvalue weighted by atomic mass is 10.1. The summed E-state index contributed by atoms with van der Waals surface area (Å²) in [6.07, 6.45) is 2.84. The maximum Gasteiger partial charge on any atom is 0.410 e. The van der Waals surface area contributed by atoms with Crippen LogP contribution in [-0.4, -0.2) is 35.7 Å². The minimum absolute atomic E-state index is 0.191. The predicted octanol–water partition coefficient (Wildman–Crippen LogP) is 4.20. The summed E-state index contributed by atoms with van der Waals surface area (Å²) in [7, 11) is 0. The normalized spacial score (nSPS) is 19.5. The molecule has 0 spiro atoms. The lowest BCUT2D eigenvalue weighted by Crippen LogP contribution is -2.37. The van der Waals surface area contributed by atoms with Crippen LogP contribution in [0.2, 0.25) is 0 Å². The topological polar surface area (TPSA) is 41.6 Å². The van der Waals surface area contributed by atoms with E-state index < -0.39 is 5.60 Å². The Morgan fingerprint density at radius 1 is 1.23 bits per heavy atom. The van der Waals surface area contributed by atoms with Gasteiger partial charge in [0.2, 0.25) is 0 Å². The summed E-state index contributed by atoms with van der Waals surface area (Å²) in [4.78, 5) is 14.0. The fourth-order valence-corrected chi connectivity index (χ4v) is 2.70. The van der Waals surface area contributed by atoms with Gasteiger partial charge in [-0.05, 0) is 58.6 Å². The second-order valence-electron chi connectivity index (χ2n) is 7.05. The lowest BCUT2D eigenvalue weighted by molar-refractivity contribution is 0.0256. The van der Waals surface area contributed by atoms with E-state index in [1.54, 1.807) is 0 Å². The highest BCUT2D eigenvalue weighted by molar-refractivity contribution is 5.68. The van der Waals surface area contributed by atoms with Gasteiger partial charge in [0.25, 0.3) is 0 Å². The number of carbonyl (C=O) groups excluding carboxylic acids is 1. The van der Waals surface area contributed by atoms with Crippen LogP contribution in [0.15, 0.2) is 24.3 Å². The van der Waals surface area contributed by atoms with Gasteiger partial charge >= 0.3 is 6.09 Å². The van der Waals surface area contributed by atoms with Gasteiger partial charge in [0.15, 0.2) is 0 Å². The SMILES string of the molecule is Cc1ccccc1NC1CCCN(C(=O)OC(C)(C)C)CC1. The standard InChI is InChI=1S/C18H28N2O2/c1-14-8-5-6-10-16(14)19-15-9-7-12-20(13-11-15)17(21)22-18(2,3)4/h5-6,8,10,15,19H,7,9,11-13H2,1-4H3. The van der Waals surface area contributed by atoms with E-state index >= 15 is 0 Å². The molecule has 2 rings (SSSR count). The number of nitrogens with one attached hydrogen (secondary N) is 1. The van der Waals surface area contributed by atoms with Gasteiger partial charge in [0.05, 0.1) is 0 Å². The first-order chi connectivity index (χ1) is 10.3. The Morgan fingerprint density at radius 3 is 2.64 bits per heavy atom. The molecule has 4 nitrogen and oxygen atoms in total. The molecule has 0 aromatic heterocycles. The van der Waals surface area contributed by atoms with Crippen molar-refractivity contribution in [3.8, 4) is 0 Å². The molecule has 0 aliphatic carbocycles. The Kier molecular flexibility index (Phi) is 5.33. The molecule has 1 aromatic rings. The van der Waals surface area contributed by atoms with Crippen LogP contribution in [0.5, 0.6) is 0 Å². The first-order valence-corrected chi connectivity index (χ1v) is 8.15. The second-order valence-corrected chi connectivity index (χ2v) is 7.05. The summed E-state index contributed by atoms with van der Waals surface area (Å²) >= 11 is 0. The van der Waals surface area contributed by atoms with E-state index in [1.165, 1.54) is 11.3 Å². The average Bonchev–Trinajstić information content (AvgIpc) is 2.65. The summed E-state index contributed by atoms with van der Waals surface area (Å²) in [5.41, 5.74) is 2.02. The van der Waals surface area contributed by atoms with Gasteiger partial charge in [-0.1, -0.05) is 18.2 Å². The number of para-hydroxylation sites is 1. The number of ether oxygens (including phenoxy) is 1. The zero-order chi connectivity index (χ0) is 16.2. The molecule has 0 radical (unpaired) electrons. The van der Waals surface area contributed by atoms with Crippen LogP contribution in [0.1, 0.15) is 45.6 Å². The van der Waals surface area contributed by atoms with Gasteiger partial charge in [0, 0.05) is 24.8 Å². The Hall–Kier alpha value is -1.71. The predicted molar refractivity (Wildman–Crippen MR) is 90.2 cm³/mol. The van der Waals surface area contributed by atoms with Crippen molar-refractivity contribution in [1.82, 2.24) is 4.90 Å². The first-order valence-electron chi connectivity index (χ1n) is 8.15. The van der Waals surface area contributed by atoms with Crippen molar-refractivity contribution in [2.75, 3.05) is 18.4 Å². The highest BCUT2D eigenvalue weighted by Gasteiger charge is 2.25. The first kappa shape index (κ1) is 16.7. The average molecular weight is 304 g/mol. The molecule has 1 amide bonds. The molecule has 1 heterocycles. The summed E-state index contributed by atoms with van der Waals surface area (Å²) in [5, 5.41) is 3.62. The molecule has 1 aliphatic rings. The molecule has 1 aromatic carbocycles. The second kappa shape index (κ2) is 7.03. The molecular weight excluding hydrogens is 276 g/mol. The van der Waals surface area contributed by atoms with Crippen molar-refractivity contribution in [3.05, 3.63) is 29.8 Å². The Balaban J connectivity index is 1.90. The molecule has 122 valence electrons. The third kappa shape index (κ3) is 4.93. The van der Waals surface area contributed by atoms with Crippen LogP contribution in [-0.2, 0) is 4.74 Å². The Labute approximate surface area is 133 Å². The fourth-order valence-electron chi connectivity index (χ4n) is 2.70. The third-order valence-corrected chi connectivity index (χ3v) is 3.88. The van der Waals surface area contributed by atoms with Crippen LogP contribution in [0.3, 0.4) is 0 Å². The minimum atomic E-state index is -0.428. The van der Waals surface area contributed by atoms with Crippen molar-refractivity contribution in [2.24, 2.45) is 0 Å². The molecule has 1 aliphatic heterocycles. The maximum atomic E-state index is 12.2. The molecule has 1 fully saturated rings. The molecule has 22 heavy (non-hydrogen) atoms. The van der Waals surface area contributed by atoms with Crippen molar-refractivity contribution in [2.45, 2.75) is 58.6 Å². The zero-order valence-corrected chi connectivity index (χ0v) is 14.2. The molecule has 1 saturated heterocycles. The summed E-state index contributed by atoms with van der Waals surface area (Å²) in [5.74, 6) is 0. The van der Waals surface area contributed by atoms with Crippen molar-refractivity contribution >= 4 is 11.8 Å². The van der Waals surface area contributed by atoms with Crippen LogP contribution in [0, 0.1) is 6.92 Å². The number of amides is 1. The highest BCUT2D eigenvalue weighted by atomic mass is 16.6. The van der Waals surface area contributed by atoms with E-state index in [0.717, 1.165) is 32.4 Å². The van der Waals surface area contributed by atoms with E-state index in [9.17, 15) is 4.79 Å². The van der Waals surface area contributed by atoms with Crippen LogP contribution < -0.4 is 5.32 Å². The van der Waals surface area contributed by atoms with Gasteiger partial charge in [0.1, 0.15) is 5.60 Å². The van der Waals surface area contributed by atoms with Gasteiger partial charge in [-0.3, -0.25) is 0 Å². The molecule has 0 saturated carbocycles. The summed E-state index contributed by atoms with van der Waals surface area (Å²) < 4.78 is 5.47. The quantitative estimate of drug-likeness (QED) is 0.890. The number of nitrogens with zero attached hydrogens (tertiary/aromatic N) is 1. The minimum Gasteiger partial charge on any atom is -0.444 e. The Bertz CT molecular complexity index is 508. The van der Waals surface area contributed by atoms with Gasteiger partial charge < -0.3 is 15.0 Å². The highest BCUT2D eigenvalue weighted by Crippen LogP contribution is 2.20. The number of hydrogen-bond acceptors (Lipinski definition) is 3. The van der Waals surface area contributed by atoms with E-state index in [2.05, 4.69) is 36.5 Å². The number of likely N-dealkylation sites (tertiary alicyclic amines) is 1. The van der Waals surface area contributed by atoms with Crippen LogP contribution >= 0.6 is 0 Å². The van der Waals surface area contributed by atoms with E-state index in [-0.39, 0.29) is 6.09 Å². The smallest absolute Gasteiger partial charge is 0.410 e. The lowest BCUT2D eigenvalue weighted by Gasteiger charge is -2.26. The number of benzene rings is 1.